The first-order valence-electron chi connectivity index (χ1n) is 5.19. The van der Waals surface area contributed by atoms with Crippen LogP contribution >= 0.6 is 11.3 Å². The molecule has 1 N–H and O–H groups in total. The van der Waals surface area contributed by atoms with Crippen LogP contribution in [0.15, 0.2) is 17.5 Å². The molecule has 1 aromatic heterocycles. The van der Waals surface area contributed by atoms with E-state index in [9.17, 15) is 4.79 Å². The summed E-state index contributed by atoms with van der Waals surface area (Å²) in [5.74, 6) is 0.0381. The van der Waals surface area contributed by atoms with Crippen LogP contribution in [0.4, 0.5) is 0 Å². The number of carbonyl (C=O) groups excluding carboxylic acids is 1. The number of amides is 1. The fourth-order valence-corrected chi connectivity index (χ4v) is 2.10. The Hall–Kier alpha value is -0.910. The van der Waals surface area contributed by atoms with Gasteiger partial charge in [0, 0.05) is 25.1 Å². The second-order valence-corrected chi connectivity index (χ2v) is 4.63. The van der Waals surface area contributed by atoms with E-state index in [4.69, 9.17) is 4.74 Å². The maximum Gasteiger partial charge on any atom is 0.234 e. The van der Waals surface area contributed by atoms with Gasteiger partial charge in [-0.1, -0.05) is 6.07 Å². The summed E-state index contributed by atoms with van der Waals surface area (Å²) >= 11 is 1.71. The molecule has 1 heterocycles. The largest absolute Gasteiger partial charge is 0.383 e. The predicted octanol–water partition coefficient (Wildman–Crippen LogP) is 0.943. The number of thiophene rings is 1. The minimum absolute atomic E-state index is 0.0381. The molecule has 0 bridgehead atoms. The zero-order valence-electron chi connectivity index (χ0n) is 9.73. The van der Waals surface area contributed by atoms with Gasteiger partial charge in [0.2, 0.25) is 5.91 Å². The number of hydrogen-bond donors (Lipinski definition) is 1. The Bertz CT molecular complexity index is 301. The number of rotatable bonds is 7. The summed E-state index contributed by atoms with van der Waals surface area (Å²) in [5, 5.41) is 4.84. The van der Waals surface area contributed by atoms with Crippen LogP contribution in [0.1, 0.15) is 4.88 Å². The Morgan fingerprint density at radius 1 is 1.62 bits per heavy atom. The Morgan fingerprint density at radius 3 is 3.06 bits per heavy atom. The monoisotopic (exact) mass is 242 g/mol. The topological polar surface area (TPSA) is 41.6 Å². The van der Waals surface area contributed by atoms with E-state index >= 15 is 0 Å². The average Bonchev–Trinajstić information content (AvgIpc) is 2.70. The molecule has 4 nitrogen and oxygen atoms in total. The highest BCUT2D eigenvalue weighted by Crippen LogP contribution is 2.10. The molecule has 0 spiro atoms. The maximum atomic E-state index is 11.5. The summed E-state index contributed by atoms with van der Waals surface area (Å²) in [5.41, 5.74) is 0. The second kappa shape index (κ2) is 7.38. The number of hydrogen-bond acceptors (Lipinski definition) is 4. The molecule has 0 radical (unpaired) electrons. The van der Waals surface area contributed by atoms with E-state index in [1.165, 1.54) is 4.88 Å². The van der Waals surface area contributed by atoms with Gasteiger partial charge in [-0.05, 0) is 18.5 Å². The smallest absolute Gasteiger partial charge is 0.234 e. The van der Waals surface area contributed by atoms with Crippen LogP contribution in [-0.2, 0) is 16.1 Å². The van der Waals surface area contributed by atoms with Gasteiger partial charge < -0.3 is 10.1 Å². The molecule has 1 amide bonds. The van der Waals surface area contributed by atoms with Gasteiger partial charge in [0.25, 0.3) is 0 Å². The molecule has 0 atom stereocenters. The summed E-state index contributed by atoms with van der Waals surface area (Å²) in [7, 11) is 3.56. The third-order valence-corrected chi connectivity index (χ3v) is 2.91. The lowest BCUT2D eigenvalue weighted by atomic mass is 10.4. The number of nitrogens with one attached hydrogen (secondary N) is 1. The fourth-order valence-electron chi connectivity index (χ4n) is 1.32. The molecule has 5 heteroatoms. The van der Waals surface area contributed by atoms with Crippen LogP contribution in [0, 0.1) is 0 Å². The van der Waals surface area contributed by atoms with E-state index in [0.29, 0.717) is 19.7 Å². The van der Waals surface area contributed by atoms with Crippen molar-refractivity contribution in [3.8, 4) is 0 Å². The Labute approximate surface area is 100 Å². The Kier molecular flexibility index (Phi) is 6.07. The highest BCUT2D eigenvalue weighted by Gasteiger charge is 2.06. The molecular formula is C11H18N2O2S. The van der Waals surface area contributed by atoms with E-state index in [-0.39, 0.29) is 5.91 Å². The number of carbonyl (C=O) groups is 1. The van der Waals surface area contributed by atoms with Gasteiger partial charge in [0.1, 0.15) is 0 Å². The first-order chi connectivity index (χ1) is 7.72. The lowest BCUT2D eigenvalue weighted by Gasteiger charge is -2.15. The molecule has 90 valence electrons. The van der Waals surface area contributed by atoms with Crippen molar-refractivity contribution in [3.05, 3.63) is 22.4 Å². The van der Waals surface area contributed by atoms with Crippen LogP contribution in [0.3, 0.4) is 0 Å². The fraction of sp³-hybridized carbons (Fsp3) is 0.545. The van der Waals surface area contributed by atoms with Gasteiger partial charge in [0.15, 0.2) is 0 Å². The van der Waals surface area contributed by atoms with E-state index in [1.54, 1.807) is 18.4 Å². The molecule has 0 aliphatic carbocycles. The number of likely N-dealkylation sites (N-methyl/N-ethyl adjacent to an activating group) is 1. The third kappa shape index (κ3) is 5.25. The molecule has 1 rings (SSSR count). The number of ether oxygens (including phenoxy) is 1. The lowest BCUT2D eigenvalue weighted by molar-refractivity contribution is -0.122. The van der Waals surface area contributed by atoms with Crippen molar-refractivity contribution in [2.75, 3.05) is 33.9 Å². The second-order valence-electron chi connectivity index (χ2n) is 3.59. The van der Waals surface area contributed by atoms with Crippen LogP contribution in [0.5, 0.6) is 0 Å². The highest BCUT2D eigenvalue weighted by atomic mass is 32.1. The normalized spacial score (nSPS) is 10.7. The molecule has 16 heavy (non-hydrogen) atoms. The van der Waals surface area contributed by atoms with Gasteiger partial charge in [-0.25, -0.2) is 0 Å². The first-order valence-corrected chi connectivity index (χ1v) is 6.07. The van der Waals surface area contributed by atoms with Crippen LogP contribution in [0.25, 0.3) is 0 Å². The standard InChI is InChI=1S/C11H18N2O2S/c1-13(8-10-4-3-7-16-10)9-11(14)12-5-6-15-2/h3-4,7H,5-6,8-9H2,1-2H3,(H,12,14). The van der Waals surface area contributed by atoms with Gasteiger partial charge in [-0.3, -0.25) is 9.69 Å². The SMILES string of the molecule is COCCNC(=O)CN(C)Cc1cccs1. The van der Waals surface area contributed by atoms with Crippen molar-refractivity contribution in [2.24, 2.45) is 0 Å². The molecule has 0 aliphatic heterocycles. The lowest BCUT2D eigenvalue weighted by Crippen LogP contribution is -2.36. The first kappa shape index (κ1) is 13.2. The van der Waals surface area contributed by atoms with Crippen molar-refractivity contribution in [3.63, 3.8) is 0 Å². The van der Waals surface area contributed by atoms with Crippen molar-refractivity contribution >= 4 is 17.2 Å². The summed E-state index contributed by atoms with van der Waals surface area (Å²) in [6.07, 6.45) is 0. The van der Waals surface area contributed by atoms with Gasteiger partial charge in [-0.15, -0.1) is 11.3 Å². The average molecular weight is 242 g/mol. The minimum atomic E-state index is 0.0381. The molecule has 0 fully saturated rings. The predicted molar refractivity (Wildman–Crippen MR) is 65.5 cm³/mol. The zero-order valence-corrected chi connectivity index (χ0v) is 10.5. The van der Waals surface area contributed by atoms with Crippen LogP contribution < -0.4 is 5.32 Å². The maximum absolute atomic E-state index is 11.5. The number of methoxy groups -OCH3 is 1. The molecule has 0 aliphatic rings. The molecule has 0 saturated heterocycles. The number of nitrogens with zero attached hydrogens (tertiary/aromatic N) is 1. The van der Waals surface area contributed by atoms with Gasteiger partial charge in [-0.2, -0.15) is 0 Å². The van der Waals surface area contributed by atoms with Crippen molar-refractivity contribution in [1.29, 1.82) is 0 Å². The van der Waals surface area contributed by atoms with E-state index in [0.717, 1.165) is 6.54 Å². The van der Waals surface area contributed by atoms with Crippen molar-refractivity contribution in [2.45, 2.75) is 6.54 Å². The van der Waals surface area contributed by atoms with Crippen LogP contribution in [-0.4, -0.2) is 44.7 Å². The summed E-state index contributed by atoms with van der Waals surface area (Å²) in [6, 6.07) is 4.09. The Morgan fingerprint density at radius 2 is 2.44 bits per heavy atom. The molecule has 0 aromatic carbocycles. The Balaban J connectivity index is 2.18. The van der Waals surface area contributed by atoms with Crippen LogP contribution in [0.2, 0.25) is 0 Å². The van der Waals surface area contributed by atoms with E-state index in [2.05, 4.69) is 11.4 Å². The van der Waals surface area contributed by atoms with E-state index in [1.807, 2.05) is 23.4 Å². The zero-order chi connectivity index (χ0) is 11.8. The minimum Gasteiger partial charge on any atom is -0.383 e. The summed E-state index contributed by atoms with van der Waals surface area (Å²) in [6.45, 7) is 2.36. The van der Waals surface area contributed by atoms with Gasteiger partial charge >= 0.3 is 0 Å². The van der Waals surface area contributed by atoms with Crippen molar-refractivity contribution in [1.82, 2.24) is 10.2 Å². The highest BCUT2D eigenvalue weighted by molar-refractivity contribution is 7.09. The molecule has 0 unspecified atom stereocenters. The molecule has 1 aromatic rings. The van der Waals surface area contributed by atoms with E-state index < -0.39 is 0 Å². The molecule has 0 saturated carbocycles. The van der Waals surface area contributed by atoms with Gasteiger partial charge in [0.05, 0.1) is 13.2 Å². The third-order valence-electron chi connectivity index (χ3n) is 2.05. The quantitative estimate of drug-likeness (QED) is 0.724. The molecular weight excluding hydrogens is 224 g/mol. The summed E-state index contributed by atoms with van der Waals surface area (Å²) in [4.78, 5) is 14.7. The van der Waals surface area contributed by atoms with Crippen molar-refractivity contribution < 1.29 is 9.53 Å². The summed E-state index contributed by atoms with van der Waals surface area (Å²) < 4.78 is 4.86.